The summed E-state index contributed by atoms with van der Waals surface area (Å²) < 4.78 is 23.7. The molecule has 0 saturated heterocycles. The van der Waals surface area contributed by atoms with Gasteiger partial charge < -0.3 is 15.2 Å². The second-order valence-electron chi connectivity index (χ2n) is 4.11. The van der Waals surface area contributed by atoms with E-state index in [1.807, 2.05) is 6.07 Å². The summed E-state index contributed by atoms with van der Waals surface area (Å²) in [5.74, 6) is 0.571. The molecule has 0 aliphatic heterocycles. The van der Waals surface area contributed by atoms with E-state index < -0.39 is 0 Å². The number of halogens is 1. The maximum Gasteiger partial charge on any atom is 0.162 e. The van der Waals surface area contributed by atoms with Crippen LogP contribution >= 0.6 is 0 Å². The van der Waals surface area contributed by atoms with Crippen molar-refractivity contribution in [3.05, 3.63) is 53.3 Å². The van der Waals surface area contributed by atoms with Gasteiger partial charge in [-0.25, -0.2) is 4.39 Å². The summed E-state index contributed by atoms with van der Waals surface area (Å²) in [5.41, 5.74) is 7.20. The molecule has 0 aliphatic carbocycles. The highest BCUT2D eigenvalue weighted by atomic mass is 19.1. The normalized spacial score (nSPS) is 9.85. The van der Waals surface area contributed by atoms with Crippen LogP contribution in [0.3, 0.4) is 0 Å². The van der Waals surface area contributed by atoms with Gasteiger partial charge in [-0.1, -0.05) is 6.07 Å². The fraction of sp³-hybridized carbons (Fsp3) is 0.133. The van der Waals surface area contributed by atoms with E-state index in [1.54, 1.807) is 24.3 Å². The van der Waals surface area contributed by atoms with Crippen molar-refractivity contribution in [2.45, 2.75) is 6.61 Å². The molecule has 0 aliphatic rings. The predicted molar refractivity (Wildman–Crippen MR) is 72.9 cm³/mol. The Morgan fingerprint density at radius 2 is 2.00 bits per heavy atom. The van der Waals surface area contributed by atoms with Gasteiger partial charge in [0.15, 0.2) is 11.5 Å². The Morgan fingerprint density at radius 1 is 1.20 bits per heavy atom. The minimum absolute atomic E-state index is 0.189. The van der Waals surface area contributed by atoms with E-state index in [0.717, 1.165) is 0 Å². The van der Waals surface area contributed by atoms with E-state index in [4.69, 9.17) is 20.5 Å². The molecular formula is C15H13FN2O2. The third-order valence-electron chi connectivity index (χ3n) is 2.78. The molecule has 0 aromatic heterocycles. The first-order valence-electron chi connectivity index (χ1n) is 5.89. The van der Waals surface area contributed by atoms with Crippen molar-refractivity contribution in [1.29, 1.82) is 5.26 Å². The lowest BCUT2D eigenvalue weighted by molar-refractivity contribution is 0.285. The van der Waals surface area contributed by atoms with Gasteiger partial charge in [0.05, 0.1) is 18.7 Å². The monoisotopic (exact) mass is 272 g/mol. The number of nitrogens with two attached hydrogens (primary N) is 1. The summed E-state index contributed by atoms with van der Waals surface area (Å²) in [4.78, 5) is 0. The van der Waals surface area contributed by atoms with Gasteiger partial charge in [-0.3, -0.25) is 0 Å². The molecule has 0 bridgehead atoms. The smallest absolute Gasteiger partial charge is 0.162 e. The van der Waals surface area contributed by atoms with E-state index in [2.05, 4.69) is 0 Å². The van der Waals surface area contributed by atoms with Gasteiger partial charge in [0.2, 0.25) is 0 Å². The van der Waals surface area contributed by atoms with Crippen LogP contribution in [0.4, 0.5) is 10.1 Å². The highest BCUT2D eigenvalue weighted by Gasteiger charge is 2.07. The van der Waals surface area contributed by atoms with Gasteiger partial charge in [-0.05, 0) is 24.3 Å². The zero-order valence-electron chi connectivity index (χ0n) is 10.9. The SMILES string of the molecule is COc1cc(C#N)ccc1OCc1ccc(F)cc1N. The van der Waals surface area contributed by atoms with E-state index in [0.29, 0.717) is 28.3 Å². The van der Waals surface area contributed by atoms with Gasteiger partial charge in [0.25, 0.3) is 0 Å². The van der Waals surface area contributed by atoms with Gasteiger partial charge in [0.1, 0.15) is 12.4 Å². The lowest BCUT2D eigenvalue weighted by atomic mass is 10.2. The summed E-state index contributed by atoms with van der Waals surface area (Å²) >= 11 is 0. The fourth-order valence-corrected chi connectivity index (χ4v) is 1.71. The number of methoxy groups -OCH3 is 1. The average molecular weight is 272 g/mol. The van der Waals surface area contributed by atoms with Crippen LogP contribution < -0.4 is 15.2 Å². The lowest BCUT2D eigenvalue weighted by Crippen LogP contribution is -2.02. The van der Waals surface area contributed by atoms with Gasteiger partial charge in [-0.2, -0.15) is 5.26 Å². The number of hydrogen-bond donors (Lipinski definition) is 1. The molecule has 0 amide bonds. The molecule has 4 nitrogen and oxygen atoms in total. The van der Waals surface area contributed by atoms with Gasteiger partial charge in [0, 0.05) is 17.3 Å². The topological polar surface area (TPSA) is 68.3 Å². The van der Waals surface area contributed by atoms with Crippen LogP contribution in [0.25, 0.3) is 0 Å². The summed E-state index contributed by atoms with van der Waals surface area (Å²) in [6, 6.07) is 11.0. The summed E-state index contributed by atoms with van der Waals surface area (Å²) in [5, 5.41) is 8.82. The average Bonchev–Trinajstić information content (AvgIpc) is 2.46. The fourth-order valence-electron chi connectivity index (χ4n) is 1.71. The van der Waals surface area contributed by atoms with Crippen molar-refractivity contribution in [3.63, 3.8) is 0 Å². The number of nitrogen functional groups attached to an aromatic ring is 1. The maximum atomic E-state index is 12.9. The molecule has 0 atom stereocenters. The summed E-state index contributed by atoms with van der Waals surface area (Å²) in [6.07, 6.45) is 0. The molecule has 2 N–H and O–H groups in total. The Bertz CT molecular complexity index is 665. The van der Waals surface area contributed by atoms with E-state index in [1.165, 1.54) is 19.2 Å². The van der Waals surface area contributed by atoms with Crippen LogP contribution in [0, 0.1) is 17.1 Å². The molecular weight excluding hydrogens is 259 g/mol. The highest BCUT2D eigenvalue weighted by Crippen LogP contribution is 2.29. The molecule has 5 heteroatoms. The molecule has 0 radical (unpaired) electrons. The Hall–Kier alpha value is -2.74. The third kappa shape index (κ3) is 2.98. The van der Waals surface area contributed by atoms with Gasteiger partial charge >= 0.3 is 0 Å². The van der Waals surface area contributed by atoms with Crippen molar-refractivity contribution in [2.75, 3.05) is 12.8 Å². The molecule has 0 spiro atoms. The molecule has 0 fully saturated rings. The third-order valence-corrected chi connectivity index (χ3v) is 2.78. The van der Waals surface area contributed by atoms with Crippen molar-refractivity contribution >= 4 is 5.69 Å². The van der Waals surface area contributed by atoms with Gasteiger partial charge in [-0.15, -0.1) is 0 Å². The molecule has 102 valence electrons. The van der Waals surface area contributed by atoms with E-state index >= 15 is 0 Å². The first kappa shape index (κ1) is 13.7. The molecule has 0 saturated carbocycles. The van der Waals surface area contributed by atoms with Crippen LogP contribution in [-0.4, -0.2) is 7.11 Å². The largest absolute Gasteiger partial charge is 0.493 e. The quantitative estimate of drug-likeness (QED) is 0.869. The second kappa shape index (κ2) is 5.93. The minimum Gasteiger partial charge on any atom is -0.493 e. The number of nitrogens with zero attached hydrogens (tertiary/aromatic N) is 1. The van der Waals surface area contributed by atoms with Crippen LogP contribution in [-0.2, 0) is 6.61 Å². The standard InChI is InChI=1S/C15H13FN2O2/c1-19-15-6-10(8-17)2-5-14(15)20-9-11-3-4-12(16)7-13(11)18/h2-7H,9,18H2,1H3. The molecule has 0 heterocycles. The van der Waals surface area contributed by atoms with E-state index in [-0.39, 0.29) is 12.4 Å². The minimum atomic E-state index is -0.387. The zero-order chi connectivity index (χ0) is 14.5. The number of ether oxygens (including phenoxy) is 2. The molecule has 2 aromatic carbocycles. The molecule has 2 aromatic rings. The number of nitriles is 1. The Labute approximate surface area is 116 Å². The number of hydrogen-bond acceptors (Lipinski definition) is 4. The number of rotatable bonds is 4. The van der Waals surface area contributed by atoms with Crippen molar-refractivity contribution in [1.82, 2.24) is 0 Å². The highest BCUT2D eigenvalue weighted by molar-refractivity contribution is 5.49. The first-order chi connectivity index (χ1) is 9.63. The van der Waals surface area contributed by atoms with Crippen LogP contribution in [0.15, 0.2) is 36.4 Å². The summed E-state index contributed by atoms with van der Waals surface area (Å²) in [6.45, 7) is 0.189. The second-order valence-corrected chi connectivity index (χ2v) is 4.11. The molecule has 0 unspecified atom stereocenters. The Morgan fingerprint density at radius 3 is 2.65 bits per heavy atom. The molecule has 20 heavy (non-hydrogen) atoms. The van der Waals surface area contributed by atoms with Crippen LogP contribution in [0.2, 0.25) is 0 Å². The number of anilines is 1. The van der Waals surface area contributed by atoms with Crippen LogP contribution in [0.5, 0.6) is 11.5 Å². The van der Waals surface area contributed by atoms with Crippen molar-refractivity contribution < 1.29 is 13.9 Å². The molecule has 2 rings (SSSR count). The number of benzene rings is 2. The van der Waals surface area contributed by atoms with E-state index in [9.17, 15) is 4.39 Å². The first-order valence-corrected chi connectivity index (χ1v) is 5.89. The Kier molecular flexibility index (Phi) is 4.06. The Balaban J connectivity index is 2.16. The van der Waals surface area contributed by atoms with Crippen LogP contribution in [0.1, 0.15) is 11.1 Å². The predicted octanol–water partition coefficient (Wildman–Crippen LogP) is 2.87. The zero-order valence-corrected chi connectivity index (χ0v) is 10.9. The lowest BCUT2D eigenvalue weighted by Gasteiger charge is -2.12. The summed E-state index contributed by atoms with van der Waals surface area (Å²) in [7, 11) is 1.50. The van der Waals surface area contributed by atoms with Crippen molar-refractivity contribution in [2.24, 2.45) is 0 Å². The van der Waals surface area contributed by atoms with Crippen molar-refractivity contribution in [3.8, 4) is 17.6 Å². The maximum absolute atomic E-state index is 12.9.